The summed E-state index contributed by atoms with van der Waals surface area (Å²) in [5.41, 5.74) is 8.31. The average molecular weight is 353 g/mol. The molecule has 5 nitrogen and oxygen atoms in total. The quantitative estimate of drug-likeness (QED) is 0.799. The van der Waals surface area contributed by atoms with E-state index in [9.17, 15) is 4.79 Å². The highest BCUT2D eigenvalue weighted by molar-refractivity contribution is 5.78. The fraction of sp³-hybridized carbons (Fsp3) is 0.381. The highest BCUT2D eigenvalue weighted by Crippen LogP contribution is 2.31. The number of likely N-dealkylation sites (tertiary alicyclic amines) is 1. The predicted octanol–water partition coefficient (Wildman–Crippen LogP) is 1.99. The van der Waals surface area contributed by atoms with E-state index in [0.717, 1.165) is 24.4 Å². The van der Waals surface area contributed by atoms with E-state index in [2.05, 4.69) is 34.5 Å². The van der Waals surface area contributed by atoms with Crippen molar-refractivity contribution in [2.24, 2.45) is 11.7 Å². The van der Waals surface area contributed by atoms with Crippen molar-refractivity contribution >= 4 is 5.91 Å². The molecule has 2 atom stereocenters. The summed E-state index contributed by atoms with van der Waals surface area (Å²) in [4.78, 5) is 14.6. The molecular formula is C21H27N3O2. The molecule has 1 saturated heterocycles. The molecule has 0 saturated carbocycles. The number of carbonyl (C=O) groups is 1. The van der Waals surface area contributed by atoms with Crippen molar-refractivity contribution in [1.29, 1.82) is 0 Å². The van der Waals surface area contributed by atoms with Gasteiger partial charge in [-0.25, -0.2) is 0 Å². The summed E-state index contributed by atoms with van der Waals surface area (Å²) in [5, 5.41) is 3.00. The Morgan fingerprint density at radius 1 is 1.19 bits per heavy atom. The molecule has 3 N–H and O–H groups in total. The largest absolute Gasteiger partial charge is 0.497 e. The lowest BCUT2D eigenvalue weighted by molar-refractivity contribution is -0.122. The summed E-state index contributed by atoms with van der Waals surface area (Å²) in [6.45, 7) is 3.29. The number of hydrogen-bond donors (Lipinski definition) is 2. The zero-order chi connectivity index (χ0) is 18.4. The molecule has 1 fully saturated rings. The number of benzene rings is 2. The molecule has 0 bridgehead atoms. The molecular weight excluding hydrogens is 326 g/mol. The van der Waals surface area contributed by atoms with E-state index in [4.69, 9.17) is 10.5 Å². The Morgan fingerprint density at radius 3 is 2.73 bits per heavy atom. The van der Waals surface area contributed by atoms with E-state index in [1.54, 1.807) is 7.11 Å². The van der Waals surface area contributed by atoms with Crippen molar-refractivity contribution in [2.75, 3.05) is 33.3 Å². The van der Waals surface area contributed by atoms with Crippen molar-refractivity contribution < 1.29 is 9.53 Å². The van der Waals surface area contributed by atoms with Crippen molar-refractivity contribution in [3.8, 4) is 5.75 Å². The van der Waals surface area contributed by atoms with E-state index in [0.29, 0.717) is 31.5 Å². The molecule has 26 heavy (non-hydrogen) atoms. The van der Waals surface area contributed by atoms with E-state index < -0.39 is 0 Å². The molecule has 1 heterocycles. The molecule has 138 valence electrons. The fourth-order valence-electron chi connectivity index (χ4n) is 3.65. The average Bonchev–Trinajstić information content (AvgIpc) is 3.10. The summed E-state index contributed by atoms with van der Waals surface area (Å²) < 4.78 is 5.21. The number of rotatable bonds is 7. The van der Waals surface area contributed by atoms with Gasteiger partial charge in [0, 0.05) is 25.6 Å². The number of methoxy groups -OCH3 is 1. The molecule has 1 aliphatic rings. The molecule has 0 unspecified atom stereocenters. The number of nitrogens with two attached hydrogens (primary N) is 1. The lowest BCUT2D eigenvalue weighted by Gasteiger charge is -2.16. The van der Waals surface area contributed by atoms with Gasteiger partial charge in [-0.2, -0.15) is 0 Å². The second kappa shape index (κ2) is 8.83. The Hall–Kier alpha value is -2.37. The standard InChI is InChI=1S/C21H27N3O2/c1-26-19-9-5-6-16(10-19)12-23-21(25)15-24-13-18(11-22)20(14-24)17-7-3-2-4-8-17/h2-10,18,20H,11-15,22H2,1H3,(H,23,25)/t18-,20+/m1/s1. The molecule has 3 rings (SSSR count). The third-order valence-electron chi connectivity index (χ3n) is 5.04. The maximum Gasteiger partial charge on any atom is 0.234 e. The monoisotopic (exact) mass is 353 g/mol. The van der Waals surface area contributed by atoms with Crippen LogP contribution in [0.5, 0.6) is 5.75 Å². The van der Waals surface area contributed by atoms with Crippen molar-refractivity contribution in [1.82, 2.24) is 10.2 Å². The fourth-order valence-corrected chi connectivity index (χ4v) is 3.65. The van der Waals surface area contributed by atoms with Gasteiger partial charge >= 0.3 is 0 Å². The topological polar surface area (TPSA) is 67.6 Å². The summed E-state index contributed by atoms with van der Waals surface area (Å²) >= 11 is 0. The van der Waals surface area contributed by atoms with Crippen LogP contribution in [0.15, 0.2) is 54.6 Å². The van der Waals surface area contributed by atoms with Crippen LogP contribution in [0.2, 0.25) is 0 Å². The smallest absolute Gasteiger partial charge is 0.234 e. The number of carbonyl (C=O) groups excluding carboxylic acids is 1. The normalized spacial score (nSPS) is 20.1. The van der Waals surface area contributed by atoms with Gasteiger partial charge in [0.15, 0.2) is 0 Å². The maximum absolute atomic E-state index is 12.3. The SMILES string of the molecule is COc1cccc(CNC(=O)CN2C[C@@H](CN)[C@H](c3ccccc3)C2)c1. The third-order valence-corrected chi connectivity index (χ3v) is 5.04. The van der Waals surface area contributed by atoms with Gasteiger partial charge in [0.2, 0.25) is 5.91 Å². The van der Waals surface area contributed by atoms with Gasteiger partial charge in [0.25, 0.3) is 0 Å². The Labute approximate surface area is 155 Å². The van der Waals surface area contributed by atoms with Gasteiger partial charge in [-0.3, -0.25) is 9.69 Å². The highest BCUT2D eigenvalue weighted by Gasteiger charge is 2.33. The number of amides is 1. The number of nitrogens with zero attached hydrogens (tertiary/aromatic N) is 1. The van der Waals surface area contributed by atoms with Crippen molar-refractivity contribution in [3.63, 3.8) is 0 Å². The van der Waals surface area contributed by atoms with Crippen LogP contribution >= 0.6 is 0 Å². The summed E-state index contributed by atoms with van der Waals surface area (Å²) in [6.07, 6.45) is 0. The minimum absolute atomic E-state index is 0.0392. The van der Waals surface area contributed by atoms with Crippen LogP contribution in [-0.2, 0) is 11.3 Å². The second-order valence-electron chi connectivity index (χ2n) is 6.84. The molecule has 2 aromatic rings. The first-order valence-electron chi connectivity index (χ1n) is 9.06. The van der Waals surface area contributed by atoms with Gasteiger partial charge in [0.1, 0.15) is 5.75 Å². The first-order valence-corrected chi connectivity index (χ1v) is 9.06. The molecule has 0 aliphatic carbocycles. The number of nitrogens with one attached hydrogen (secondary N) is 1. The number of hydrogen-bond acceptors (Lipinski definition) is 4. The van der Waals surface area contributed by atoms with Gasteiger partial charge in [-0.05, 0) is 35.7 Å². The molecule has 1 amide bonds. The van der Waals surface area contributed by atoms with Gasteiger partial charge < -0.3 is 15.8 Å². The molecule has 1 aliphatic heterocycles. The van der Waals surface area contributed by atoms with Crippen LogP contribution in [-0.4, -0.2) is 44.1 Å². The lowest BCUT2D eigenvalue weighted by Crippen LogP contribution is -2.36. The number of ether oxygens (including phenoxy) is 1. The van der Waals surface area contributed by atoms with Gasteiger partial charge in [0.05, 0.1) is 13.7 Å². The summed E-state index contributed by atoms with van der Waals surface area (Å²) in [7, 11) is 1.64. The van der Waals surface area contributed by atoms with Crippen LogP contribution in [0.3, 0.4) is 0 Å². The van der Waals surface area contributed by atoms with E-state index in [1.807, 2.05) is 30.3 Å². The highest BCUT2D eigenvalue weighted by atomic mass is 16.5. The van der Waals surface area contributed by atoms with Crippen LogP contribution in [0, 0.1) is 5.92 Å². The maximum atomic E-state index is 12.3. The summed E-state index contributed by atoms with van der Waals surface area (Å²) in [6, 6.07) is 18.2. The van der Waals surface area contributed by atoms with E-state index in [1.165, 1.54) is 5.56 Å². The lowest BCUT2D eigenvalue weighted by atomic mass is 9.89. The molecule has 5 heteroatoms. The molecule has 0 spiro atoms. The molecule has 0 aromatic heterocycles. The van der Waals surface area contributed by atoms with E-state index in [-0.39, 0.29) is 5.91 Å². The first-order chi connectivity index (χ1) is 12.7. The van der Waals surface area contributed by atoms with Crippen LogP contribution in [0.4, 0.5) is 0 Å². The second-order valence-corrected chi connectivity index (χ2v) is 6.84. The predicted molar refractivity (Wildman–Crippen MR) is 103 cm³/mol. The van der Waals surface area contributed by atoms with Crippen LogP contribution in [0.25, 0.3) is 0 Å². The molecule has 2 aromatic carbocycles. The zero-order valence-electron chi connectivity index (χ0n) is 15.2. The first kappa shape index (κ1) is 18.4. The summed E-state index contributed by atoms with van der Waals surface area (Å²) in [5.74, 6) is 1.63. The van der Waals surface area contributed by atoms with Gasteiger partial charge in [-0.15, -0.1) is 0 Å². The Kier molecular flexibility index (Phi) is 6.26. The Morgan fingerprint density at radius 2 is 2.00 bits per heavy atom. The van der Waals surface area contributed by atoms with Crippen molar-refractivity contribution in [2.45, 2.75) is 12.5 Å². The van der Waals surface area contributed by atoms with Crippen molar-refractivity contribution in [3.05, 3.63) is 65.7 Å². The van der Waals surface area contributed by atoms with E-state index >= 15 is 0 Å². The zero-order valence-corrected chi connectivity index (χ0v) is 15.2. The third kappa shape index (κ3) is 4.62. The minimum Gasteiger partial charge on any atom is -0.497 e. The minimum atomic E-state index is 0.0392. The van der Waals surface area contributed by atoms with Gasteiger partial charge in [-0.1, -0.05) is 42.5 Å². The van der Waals surface area contributed by atoms with Crippen LogP contribution in [0.1, 0.15) is 17.0 Å². The Balaban J connectivity index is 1.53. The van der Waals surface area contributed by atoms with Crippen LogP contribution < -0.4 is 15.8 Å². The molecule has 0 radical (unpaired) electrons. The Bertz CT molecular complexity index is 720.